The van der Waals surface area contributed by atoms with E-state index in [2.05, 4.69) is 4.98 Å². The highest BCUT2D eigenvalue weighted by molar-refractivity contribution is 5.08. The molecule has 0 saturated carbocycles. The van der Waals surface area contributed by atoms with Gasteiger partial charge >= 0.3 is 0 Å². The first-order chi connectivity index (χ1) is 5.70. The van der Waals surface area contributed by atoms with Crippen LogP contribution < -0.4 is 4.74 Å². The van der Waals surface area contributed by atoms with Gasteiger partial charge < -0.3 is 4.74 Å². The predicted molar refractivity (Wildman–Crippen MR) is 35.4 cm³/mol. The van der Waals surface area contributed by atoms with Crippen molar-refractivity contribution in [3.63, 3.8) is 0 Å². The van der Waals surface area contributed by atoms with Crippen LogP contribution in [0.2, 0.25) is 0 Å². The van der Waals surface area contributed by atoms with Crippen molar-refractivity contribution in [1.82, 2.24) is 4.98 Å². The van der Waals surface area contributed by atoms with Gasteiger partial charge in [0.25, 0.3) is 0 Å². The Hall–Kier alpha value is -1.05. The highest BCUT2D eigenvalue weighted by Crippen LogP contribution is 2.01. The largest absolute Gasteiger partial charge is 0.478 e. The van der Waals surface area contributed by atoms with Crippen LogP contribution in [-0.4, -0.2) is 11.6 Å². The molecule has 0 bridgehead atoms. The van der Waals surface area contributed by atoms with Gasteiger partial charge in [-0.25, -0.2) is 4.98 Å². The highest BCUT2D eigenvalue weighted by atomic mass is 16.5. The van der Waals surface area contributed by atoms with Gasteiger partial charge in [-0.05, 0) is 12.9 Å². The smallest absolute Gasteiger partial charge is 0.213 e. The van der Waals surface area contributed by atoms with Gasteiger partial charge in [-0.3, -0.25) is 0 Å². The number of hydrogen-bond donors (Lipinski definition) is 0. The van der Waals surface area contributed by atoms with Crippen LogP contribution in [-0.2, 0) is 0 Å². The molecule has 0 fully saturated rings. The average Bonchev–Trinajstić information content (AvgIpc) is 2.03. The molecule has 0 aliphatic rings. The summed E-state index contributed by atoms with van der Waals surface area (Å²) in [6, 6.07) is 3.36. The van der Waals surface area contributed by atoms with Gasteiger partial charge in [0.05, 0.1) is 7.98 Å². The van der Waals surface area contributed by atoms with Gasteiger partial charge in [0.2, 0.25) is 5.88 Å². The maximum Gasteiger partial charge on any atom is 0.213 e. The molecule has 0 aliphatic carbocycles. The van der Waals surface area contributed by atoms with E-state index in [1.807, 2.05) is 0 Å². The second-order valence-electron chi connectivity index (χ2n) is 1.40. The molecule has 0 N–H and O–H groups in total. The number of ether oxygens (including phenoxy) is 1. The number of pyridine rings is 1. The molecule has 2 heteroatoms. The van der Waals surface area contributed by atoms with Gasteiger partial charge in [-0.15, -0.1) is 0 Å². The topological polar surface area (TPSA) is 22.1 Å². The summed E-state index contributed by atoms with van der Waals surface area (Å²) in [5, 5.41) is 0. The van der Waals surface area contributed by atoms with Crippen molar-refractivity contribution in [1.29, 1.82) is 0 Å². The molecular weight excluding hydrogens is 114 g/mol. The van der Waals surface area contributed by atoms with Crippen LogP contribution in [0.4, 0.5) is 0 Å². The zero-order chi connectivity index (χ0) is 8.97. The van der Waals surface area contributed by atoms with Crippen LogP contribution in [0.3, 0.4) is 0 Å². The number of nitrogens with zero attached hydrogens (tertiary/aromatic N) is 1. The molecule has 1 aromatic rings. The van der Waals surface area contributed by atoms with E-state index in [9.17, 15) is 0 Å². The van der Waals surface area contributed by atoms with Crippen LogP contribution in [0, 0.1) is 0 Å². The van der Waals surface area contributed by atoms with E-state index in [-0.39, 0.29) is 18.5 Å². The van der Waals surface area contributed by atoms with Crippen molar-refractivity contribution in [3.8, 4) is 5.88 Å². The third-order valence-electron chi connectivity index (χ3n) is 0.801. The van der Waals surface area contributed by atoms with Crippen LogP contribution in [0.5, 0.6) is 5.88 Å². The Kier molecular flexibility index (Phi) is 1.09. The summed E-state index contributed by atoms with van der Waals surface area (Å²) in [4.78, 5) is 3.77. The van der Waals surface area contributed by atoms with Gasteiger partial charge in [0.15, 0.2) is 0 Å². The van der Waals surface area contributed by atoms with E-state index < -0.39 is 6.88 Å². The fraction of sp³-hybridized carbons (Fsp3) is 0.286. The minimum Gasteiger partial charge on any atom is -0.478 e. The molecule has 0 unspecified atom stereocenters. The fourth-order valence-corrected chi connectivity index (χ4v) is 0.468. The van der Waals surface area contributed by atoms with Crippen LogP contribution in [0.1, 0.15) is 11.0 Å². The Balaban J connectivity index is 2.57. The molecule has 1 rings (SSSR count). The first-order valence-electron chi connectivity index (χ1n) is 4.24. The second kappa shape index (κ2) is 3.07. The maximum absolute atomic E-state index is 7.31. The normalized spacial score (nSPS) is 14.1. The Morgan fingerprint density at radius 3 is 3.67 bits per heavy atom. The van der Waals surface area contributed by atoms with Gasteiger partial charge in [0, 0.05) is 15.0 Å². The standard InChI is InChI=1S/C7H9NO/c1-2-9-7-5-3-4-6-8-7/h3-6H,2H2,1H3/i1D2,5D. The lowest BCUT2D eigenvalue weighted by molar-refractivity contribution is 0.327. The molecule has 0 saturated heterocycles. The predicted octanol–water partition coefficient (Wildman–Crippen LogP) is 1.48. The lowest BCUT2D eigenvalue weighted by Gasteiger charge is -1.97. The van der Waals surface area contributed by atoms with E-state index >= 15 is 0 Å². The highest BCUT2D eigenvalue weighted by Gasteiger charge is 1.85. The van der Waals surface area contributed by atoms with E-state index in [0.717, 1.165) is 0 Å². The zero-order valence-corrected chi connectivity index (χ0v) is 4.87. The minimum absolute atomic E-state index is 0.0527. The lowest BCUT2D eigenvalue weighted by atomic mass is 10.5. The lowest BCUT2D eigenvalue weighted by Crippen LogP contribution is -1.92. The molecule has 0 aromatic carbocycles. The number of rotatable bonds is 2. The monoisotopic (exact) mass is 126 g/mol. The summed E-state index contributed by atoms with van der Waals surface area (Å²) in [7, 11) is 0. The van der Waals surface area contributed by atoms with Crippen molar-refractivity contribution in [2.45, 2.75) is 6.88 Å². The summed E-state index contributed by atoms with van der Waals surface area (Å²) >= 11 is 0. The Labute approximate surface area is 58.7 Å². The Bertz CT molecular complexity index is 254. The van der Waals surface area contributed by atoms with Gasteiger partial charge in [0.1, 0.15) is 0 Å². The second-order valence-corrected chi connectivity index (χ2v) is 1.40. The van der Waals surface area contributed by atoms with Crippen molar-refractivity contribution < 1.29 is 8.85 Å². The quantitative estimate of drug-likeness (QED) is 0.598. The Morgan fingerprint density at radius 1 is 1.89 bits per heavy atom. The molecule has 9 heavy (non-hydrogen) atoms. The molecule has 0 aliphatic heterocycles. The molecule has 0 radical (unpaired) electrons. The minimum atomic E-state index is -1.04. The SMILES string of the molecule is [2H]c1cccnc1OCC([2H])[2H]. The average molecular weight is 126 g/mol. The summed E-state index contributed by atoms with van der Waals surface area (Å²) < 4.78 is 25.9. The summed E-state index contributed by atoms with van der Waals surface area (Å²) in [6.45, 7) is -1.09. The molecule has 48 valence electrons. The molecule has 0 atom stereocenters. The van der Waals surface area contributed by atoms with Crippen LogP contribution in [0.15, 0.2) is 24.4 Å². The van der Waals surface area contributed by atoms with E-state index in [1.165, 1.54) is 6.20 Å². The summed E-state index contributed by atoms with van der Waals surface area (Å²) in [6.07, 6.45) is 1.51. The maximum atomic E-state index is 7.31. The zero-order valence-electron chi connectivity index (χ0n) is 7.87. The van der Waals surface area contributed by atoms with Crippen molar-refractivity contribution in [3.05, 3.63) is 24.4 Å². The third kappa shape index (κ3) is 1.72. The van der Waals surface area contributed by atoms with E-state index in [0.29, 0.717) is 0 Å². The van der Waals surface area contributed by atoms with Crippen LogP contribution >= 0.6 is 0 Å². The van der Waals surface area contributed by atoms with Crippen molar-refractivity contribution in [2.75, 3.05) is 6.61 Å². The first kappa shape index (κ1) is 3.20. The van der Waals surface area contributed by atoms with Gasteiger partial charge in [-0.2, -0.15) is 0 Å². The molecule has 1 aromatic heterocycles. The first-order valence-corrected chi connectivity index (χ1v) is 2.59. The van der Waals surface area contributed by atoms with Crippen molar-refractivity contribution >= 4 is 0 Å². The third-order valence-corrected chi connectivity index (χ3v) is 0.801. The van der Waals surface area contributed by atoms with E-state index in [1.54, 1.807) is 12.1 Å². The summed E-state index contributed by atoms with van der Waals surface area (Å²) in [5.41, 5.74) is 0. The fourth-order valence-electron chi connectivity index (χ4n) is 0.468. The van der Waals surface area contributed by atoms with Gasteiger partial charge in [-0.1, -0.05) is 6.07 Å². The number of hydrogen-bond acceptors (Lipinski definition) is 2. The molecule has 2 nitrogen and oxygen atoms in total. The molecular formula is C7H9NO. The Morgan fingerprint density at radius 2 is 2.89 bits per heavy atom. The molecule has 0 spiro atoms. The molecule has 1 heterocycles. The van der Waals surface area contributed by atoms with Crippen LogP contribution in [0.25, 0.3) is 0 Å². The summed E-state index contributed by atoms with van der Waals surface area (Å²) in [5.74, 6) is 0.182. The number of aromatic nitrogens is 1. The van der Waals surface area contributed by atoms with E-state index in [4.69, 9.17) is 8.85 Å². The molecule has 0 amide bonds. The van der Waals surface area contributed by atoms with Crippen molar-refractivity contribution in [2.24, 2.45) is 0 Å².